The first-order chi connectivity index (χ1) is 12.9. The minimum Gasteiger partial charge on any atom is -0.485 e. The number of fused-ring (bicyclic) bond motifs is 6. The Labute approximate surface area is 153 Å². The highest BCUT2D eigenvalue weighted by atomic mass is 32.1. The van der Waals surface area contributed by atoms with Crippen LogP contribution in [0.5, 0.6) is 11.5 Å². The highest BCUT2D eigenvalue weighted by Crippen LogP contribution is 2.39. The third-order valence-electron chi connectivity index (χ3n) is 5.19. The number of aromatic nitrogens is 4. The Morgan fingerprint density at radius 2 is 1.96 bits per heavy atom. The quantitative estimate of drug-likeness (QED) is 0.515. The summed E-state index contributed by atoms with van der Waals surface area (Å²) in [6.45, 7) is 0.414. The summed E-state index contributed by atoms with van der Waals surface area (Å²) in [5, 5.41) is 10.1. The second kappa shape index (κ2) is 5.41. The maximum atomic E-state index is 6.12. The fraction of sp³-hybridized carbons (Fsp3) is 0.316. The maximum absolute atomic E-state index is 6.12. The zero-order valence-corrected chi connectivity index (χ0v) is 14.8. The van der Waals surface area contributed by atoms with Gasteiger partial charge in [0.1, 0.15) is 17.8 Å². The molecule has 0 amide bonds. The third-order valence-corrected chi connectivity index (χ3v) is 6.39. The van der Waals surface area contributed by atoms with Crippen molar-refractivity contribution in [3.63, 3.8) is 0 Å². The van der Waals surface area contributed by atoms with Crippen LogP contribution in [0.2, 0.25) is 0 Å². The zero-order chi connectivity index (χ0) is 17.1. The molecule has 26 heavy (non-hydrogen) atoms. The van der Waals surface area contributed by atoms with E-state index < -0.39 is 0 Å². The topological polar surface area (TPSA) is 61.5 Å². The van der Waals surface area contributed by atoms with Gasteiger partial charge < -0.3 is 9.47 Å². The Morgan fingerprint density at radius 3 is 2.92 bits per heavy atom. The fourth-order valence-corrected chi connectivity index (χ4v) is 5.16. The van der Waals surface area contributed by atoms with Crippen LogP contribution in [0.15, 0.2) is 30.6 Å². The zero-order valence-electron chi connectivity index (χ0n) is 14.0. The van der Waals surface area contributed by atoms with E-state index in [1.807, 2.05) is 35.0 Å². The van der Waals surface area contributed by atoms with Gasteiger partial charge in [0, 0.05) is 4.88 Å². The van der Waals surface area contributed by atoms with Crippen LogP contribution < -0.4 is 9.47 Å². The average Bonchev–Trinajstić information content (AvgIpc) is 3.28. The largest absolute Gasteiger partial charge is 0.485 e. The Balaban J connectivity index is 1.49. The lowest BCUT2D eigenvalue weighted by molar-refractivity contribution is 0.0843. The average molecular weight is 364 g/mol. The number of ether oxygens (including phenoxy) is 2. The SMILES string of the molecule is c1ccc2c(c1)OC[C@@H](c1nnc3c4c5c(sc4ncn13)CCCC5)O2. The molecule has 2 aliphatic rings. The molecule has 1 aliphatic heterocycles. The fourth-order valence-electron chi connectivity index (χ4n) is 3.94. The van der Waals surface area contributed by atoms with Gasteiger partial charge in [-0.05, 0) is 43.4 Å². The molecule has 0 spiro atoms. The molecule has 0 fully saturated rings. The van der Waals surface area contributed by atoms with E-state index in [2.05, 4.69) is 10.2 Å². The second-order valence-electron chi connectivity index (χ2n) is 6.75. The van der Waals surface area contributed by atoms with Crippen LogP contribution in [0.25, 0.3) is 15.9 Å². The first kappa shape index (κ1) is 14.5. The third kappa shape index (κ3) is 2.00. The van der Waals surface area contributed by atoms with Crippen molar-refractivity contribution in [2.45, 2.75) is 31.8 Å². The minimum absolute atomic E-state index is 0.298. The maximum Gasteiger partial charge on any atom is 0.192 e. The van der Waals surface area contributed by atoms with Crippen molar-refractivity contribution in [3.8, 4) is 11.5 Å². The number of nitrogens with zero attached hydrogens (tertiary/aromatic N) is 4. The highest BCUT2D eigenvalue weighted by molar-refractivity contribution is 7.19. The predicted molar refractivity (Wildman–Crippen MR) is 98.1 cm³/mol. The minimum atomic E-state index is -0.298. The molecule has 130 valence electrons. The Kier molecular flexibility index (Phi) is 3.02. The predicted octanol–water partition coefficient (Wildman–Crippen LogP) is 3.73. The van der Waals surface area contributed by atoms with E-state index in [0.29, 0.717) is 6.61 Å². The summed E-state index contributed by atoms with van der Waals surface area (Å²) >= 11 is 1.80. The van der Waals surface area contributed by atoms with Crippen molar-refractivity contribution >= 4 is 27.2 Å². The number of thiophene rings is 1. The number of rotatable bonds is 1. The first-order valence-electron chi connectivity index (χ1n) is 8.91. The number of benzene rings is 1. The standard InChI is InChI=1S/C19H16N4O2S/c1-4-8-15-11(5-1)16-18-22-21-17(23(18)10-20-19(16)26-15)14-9-24-12-6-2-3-7-13(12)25-14/h2-3,6-7,10,14H,1,4-5,8-9H2/t14-/m0/s1. The van der Waals surface area contributed by atoms with Gasteiger partial charge in [0.05, 0.1) is 5.39 Å². The van der Waals surface area contributed by atoms with E-state index in [-0.39, 0.29) is 6.10 Å². The van der Waals surface area contributed by atoms with E-state index in [1.54, 1.807) is 11.3 Å². The summed E-state index contributed by atoms with van der Waals surface area (Å²) in [5.74, 6) is 2.24. The van der Waals surface area contributed by atoms with Crippen molar-refractivity contribution in [2.75, 3.05) is 6.61 Å². The lowest BCUT2D eigenvalue weighted by Gasteiger charge is -2.25. The summed E-state index contributed by atoms with van der Waals surface area (Å²) < 4.78 is 13.9. The summed E-state index contributed by atoms with van der Waals surface area (Å²) in [7, 11) is 0. The molecule has 0 saturated heterocycles. The molecule has 0 unspecified atom stereocenters. The number of hydrogen-bond donors (Lipinski definition) is 0. The van der Waals surface area contributed by atoms with Crippen LogP contribution in [0.3, 0.4) is 0 Å². The first-order valence-corrected chi connectivity index (χ1v) is 9.72. The van der Waals surface area contributed by atoms with Gasteiger partial charge in [-0.25, -0.2) is 4.98 Å². The lowest BCUT2D eigenvalue weighted by Crippen LogP contribution is -2.23. The van der Waals surface area contributed by atoms with E-state index in [9.17, 15) is 0 Å². The second-order valence-corrected chi connectivity index (χ2v) is 7.84. The van der Waals surface area contributed by atoms with Crippen LogP contribution in [0.1, 0.15) is 35.2 Å². The molecular weight excluding hydrogens is 348 g/mol. The Hall–Kier alpha value is -2.67. The van der Waals surface area contributed by atoms with Crippen LogP contribution >= 0.6 is 11.3 Å². The molecule has 0 bridgehead atoms. The number of para-hydroxylation sites is 2. The Bertz CT molecular complexity index is 1150. The smallest absolute Gasteiger partial charge is 0.192 e. The monoisotopic (exact) mass is 364 g/mol. The summed E-state index contributed by atoms with van der Waals surface area (Å²) in [6, 6.07) is 7.71. The normalized spacial score (nSPS) is 19.0. The van der Waals surface area contributed by atoms with Crippen molar-refractivity contribution in [1.29, 1.82) is 0 Å². The molecule has 3 aromatic heterocycles. The van der Waals surface area contributed by atoms with E-state index in [4.69, 9.17) is 14.5 Å². The number of hydrogen-bond acceptors (Lipinski definition) is 6. The van der Waals surface area contributed by atoms with E-state index in [1.165, 1.54) is 28.7 Å². The lowest BCUT2D eigenvalue weighted by atomic mass is 9.97. The van der Waals surface area contributed by atoms with Crippen molar-refractivity contribution in [1.82, 2.24) is 19.6 Å². The molecule has 6 nitrogen and oxygen atoms in total. The van der Waals surface area contributed by atoms with Crippen LogP contribution in [0.4, 0.5) is 0 Å². The molecule has 0 saturated carbocycles. The molecule has 4 aromatic rings. The molecule has 1 aromatic carbocycles. The van der Waals surface area contributed by atoms with Crippen molar-refractivity contribution in [3.05, 3.63) is 46.9 Å². The molecule has 1 aliphatic carbocycles. The molecular formula is C19H16N4O2S. The van der Waals surface area contributed by atoms with Gasteiger partial charge in [-0.1, -0.05) is 12.1 Å². The van der Waals surface area contributed by atoms with E-state index >= 15 is 0 Å². The van der Waals surface area contributed by atoms with Crippen LogP contribution in [0, 0.1) is 0 Å². The Morgan fingerprint density at radius 1 is 1.08 bits per heavy atom. The van der Waals surface area contributed by atoms with Gasteiger partial charge in [-0.15, -0.1) is 21.5 Å². The van der Waals surface area contributed by atoms with Gasteiger partial charge >= 0.3 is 0 Å². The molecule has 4 heterocycles. The van der Waals surface area contributed by atoms with Crippen LogP contribution in [-0.2, 0) is 12.8 Å². The van der Waals surface area contributed by atoms with Gasteiger partial charge in [0.25, 0.3) is 0 Å². The summed E-state index contributed by atoms with van der Waals surface area (Å²) in [4.78, 5) is 7.22. The van der Waals surface area contributed by atoms with Gasteiger partial charge in [0.15, 0.2) is 29.1 Å². The van der Waals surface area contributed by atoms with Crippen molar-refractivity contribution < 1.29 is 9.47 Å². The van der Waals surface area contributed by atoms with Gasteiger partial charge in [-0.2, -0.15) is 0 Å². The van der Waals surface area contributed by atoms with E-state index in [0.717, 1.165) is 40.6 Å². The number of aryl methyl sites for hydroxylation is 2. The molecule has 1 atom stereocenters. The van der Waals surface area contributed by atoms with Gasteiger partial charge in [-0.3, -0.25) is 4.40 Å². The highest BCUT2D eigenvalue weighted by Gasteiger charge is 2.28. The van der Waals surface area contributed by atoms with Crippen LogP contribution in [-0.4, -0.2) is 26.2 Å². The molecule has 0 radical (unpaired) electrons. The molecule has 6 rings (SSSR count). The molecule has 0 N–H and O–H groups in total. The molecule has 7 heteroatoms. The summed E-state index contributed by atoms with van der Waals surface area (Å²) in [5.41, 5.74) is 2.30. The van der Waals surface area contributed by atoms with Crippen molar-refractivity contribution in [2.24, 2.45) is 0 Å². The van der Waals surface area contributed by atoms with Gasteiger partial charge in [0.2, 0.25) is 0 Å². The summed E-state index contributed by atoms with van der Waals surface area (Å²) in [6.07, 6.45) is 6.28.